The standard InChI is InChI=1S/C19H10F12N2/c20-16(21,22)9-33(14-2-1-11(7-32)15(6-14)19(29,30)31)8-10-3-12(17(23,24)25)5-13(4-10)18(26,27)28/h1-6H,8-9H2. The maximum Gasteiger partial charge on any atom is 0.417 e. The van der Waals surface area contributed by atoms with Crippen LogP contribution in [0.4, 0.5) is 58.4 Å². The van der Waals surface area contributed by atoms with E-state index in [2.05, 4.69) is 0 Å². The van der Waals surface area contributed by atoms with Gasteiger partial charge in [0.2, 0.25) is 0 Å². The Morgan fingerprint density at radius 1 is 0.697 bits per heavy atom. The van der Waals surface area contributed by atoms with Crippen molar-refractivity contribution in [2.24, 2.45) is 0 Å². The van der Waals surface area contributed by atoms with E-state index in [9.17, 15) is 52.7 Å². The minimum absolute atomic E-state index is 0.131. The van der Waals surface area contributed by atoms with Gasteiger partial charge < -0.3 is 4.90 Å². The maximum atomic E-state index is 13.2. The highest BCUT2D eigenvalue weighted by Crippen LogP contribution is 2.38. The summed E-state index contributed by atoms with van der Waals surface area (Å²) in [6.07, 6.45) is -20.8. The Morgan fingerprint density at radius 3 is 1.61 bits per heavy atom. The van der Waals surface area contributed by atoms with Crippen molar-refractivity contribution in [2.75, 3.05) is 11.4 Å². The number of hydrogen-bond donors (Lipinski definition) is 0. The van der Waals surface area contributed by atoms with E-state index in [1.807, 2.05) is 0 Å². The predicted molar refractivity (Wildman–Crippen MR) is 89.7 cm³/mol. The van der Waals surface area contributed by atoms with Crippen molar-refractivity contribution in [3.63, 3.8) is 0 Å². The SMILES string of the molecule is N#Cc1ccc(N(Cc2cc(C(F)(F)F)cc(C(F)(F)F)c2)CC(F)(F)F)cc1C(F)(F)F. The van der Waals surface area contributed by atoms with Crippen LogP contribution in [0, 0.1) is 11.3 Å². The average molecular weight is 494 g/mol. The van der Waals surface area contributed by atoms with Crippen LogP contribution in [0.3, 0.4) is 0 Å². The first-order valence-corrected chi connectivity index (χ1v) is 8.52. The number of halogens is 12. The minimum atomic E-state index is -5.28. The van der Waals surface area contributed by atoms with Crippen molar-refractivity contribution in [3.05, 3.63) is 64.2 Å². The van der Waals surface area contributed by atoms with E-state index >= 15 is 0 Å². The lowest BCUT2D eigenvalue weighted by atomic mass is 10.0. The molecule has 0 fully saturated rings. The molecule has 0 heterocycles. The molecule has 2 rings (SSSR count). The molecule has 180 valence electrons. The van der Waals surface area contributed by atoms with Gasteiger partial charge in [0.1, 0.15) is 6.54 Å². The lowest BCUT2D eigenvalue weighted by Crippen LogP contribution is -2.34. The fourth-order valence-electron chi connectivity index (χ4n) is 2.85. The fraction of sp³-hybridized carbons (Fsp3) is 0.316. The van der Waals surface area contributed by atoms with Gasteiger partial charge in [0, 0.05) is 12.2 Å². The molecule has 0 saturated carbocycles. The van der Waals surface area contributed by atoms with E-state index in [4.69, 9.17) is 5.26 Å². The molecule has 0 saturated heterocycles. The molecule has 0 radical (unpaired) electrons. The molecule has 0 aromatic heterocycles. The number of nitrogens with zero attached hydrogens (tertiary/aromatic N) is 2. The molecule has 33 heavy (non-hydrogen) atoms. The summed E-state index contributed by atoms with van der Waals surface area (Å²) >= 11 is 0. The Bertz CT molecular complexity index is 1010. The molecule has 2 aromatic rings. The molecule has 0 aliphatic rings. The number of benzene rings is 2. The first-order chi connectivity index (χ1) is 14.8. The summed E-state index contributed by atoms with van der Waals surface area (Å²) in [6, 6.07) is 2.71. The second kappa shape index (κ2) is 8.68. The highest BCUT2D eigenvalue weighted by Gasteiger charge is 2.38. The second-order valence-corrected chi connectivity index (χ2v) is 6.72. The monoisotopic (exact) mass is 494 g/mol. The number of hydrogen-bond acceptors (Lipinski definition) is 2. The van der Waals surface area contributed by atoms with Gasteiger partial charge >= 0.3 is 24.7 Å². The Balaban J connectivity index is 2.63. The molecule has 0 atom stereocenters. The van der Waals surface area contributed by atoms with Crippen molar-refractivity contribution in [2.45, 2.75) is 31.2 Å². The third-order valence-corrected chi connectivity index (χ3v) is 4.19. The molecule has 0 aliphatic heterocycles. The van der Waals surface area contributed by atoms with E-state index in [0.717, 1.165) is 0 Å². The molecule has 2 aromatic carbocycles. The lowest BCUT2D eigenvalue weighted by Gasteiger charge is -2.27. The van der Waals surface area contributed by atoms with Gasteiger partial charge in [0.15, 0.2) is 0 Å². The first kappa shape index (κ1) is 26.1. The van der Waals surface area contributed by atoms with Crippen LogP contribution >= 0.6 is 0 Å². The van der Waals surface area contributed by atoms with Crippen LogP contribution in [0.5, 0.6) is 0 Å². The van der Waals surface area contributed by atoms with E-state index in [0.29, 0.717) is 12.1 Å². The largest absolute Gasteiger partial charge is 0.417 e. The fourth-order valence-corrected chi connectivity index (χ4v) is 2.85. The van der Waals surface area contributed by atoms with Crippen LogP contribution in [0.2, 0.25) is 0 Å². The molecule has 0 amide bonds. The Kier molecular flexibility index (Phi) is 6.87. The first-order valence-electron chi connectivity index (χ1n) is 8.52. The Morgan fingerprint density at radius 2 is 1.21 bits per heavy atom. The summed E-state index contributed by atoms with van der Waals surface area (Å²) in [7, 11) is 0. The number of alkyl halides is 12. The second-order valence-electron chi connectivity index (χ2n) is 6.72. The average Bonchev–Trinajstić information content (AvgIpc) is 2.63. The van der Waals surface area contributed by atoms with Crippen LogP contribution < -0.4 is 4.90 Å². The summed E-state index contributed by atoms with van der Waals surface area (Å²) < 4.78 is 157. The van der Waals surface area contributed by atoms with Crippen molar-refractivity contribution in [3.8, 4) is 6.07 Å². The molecule has 0 spiro atoms. The van der Waals surface area contributed by atoms with Gasteiger partial charge in [-0.2, -0.15) is 57.9 Å². The number of anilines is 1. The molecular formula is C19H10F12N2. The molecule has 0 unspecified atom stereocenters. The number of nitriles is 1. The normalized spacial score (nSPS) is 13.1. The minimum Gasteiger partial charge on any atom is -0.358 e. The zero-order valence-corrected chi connectivity index (χ0v) is 15.8. The molecule has 14 heteroatoms. The summed E-state index contributed by atoms with van der Waals surface area (Å²) in [4.78, 5) is 0.131. The van der Waals surface area contributed by atoms with E-state index in [-0.39, 0.29) is 29.2 Å². The summed E-state index contributed by atoms with van der Waals surface area (Å²) in [5.41, 5.74) is -7.83. The highest BCUT2D eigenvalue weighted by atomic mass is 19.4. The van der Waals surface area contributed by atoms with Crippen LogP contribution in [0.1, 0.15) is 27.8 Å². The zero-order valence-electron chi connectivity index (χ0n) is 15.8. The highest BCUT2D eigenvalue weighted by molar-refractivity contribution is 5.55. The predicted octanol–water partition coefficient (Wildman–Crippen LogP) is 7.18. The van der Waals surface area contributed by atoms with E-state index in [1.165, 1.54) is 6.07 Å². The molecule has 0 bridgehead atoms. The van der Waals surface area contributed by atoms with Crippen molar-refractivity contribution in [1.82, 2.24) is 0 Å². The smallest absolute Gasteiger partial charge is 0.358 e. The van der Waals surface area contributed by atoms with Crippen LogP contribution in [-0.4, -0.2) is 12.7 Å². The van der Waals surface area contributed by atoms with E-state index < -0.39 is 71.3 Å². The third kappa shape index (κ3) is 6.93. The summed E-state index contributed by atoms with van der Waals surface area (Å²) in [6.45, 7) is -3.23. The van der Waals surface area contributed by atoms with Crippen LogP contribution in [0.25, 0.3) is 0 Å². The molecule has 0 aliphatic carbocycles. The van der Waals surface area contributed by atoms with Gasteiger partial charge in [0.05, 0.1) is 28.3 Å². The van der Waals surface area contributed by atoms with E-state index in [1.54, 1.807) is 0 Å². The Labute approximate surface area is 177 Å². The van der Waals surface area contributed by atoms with Gasteiger partial charge in [-0.05, 0) is 42.0 Å². The quantitative estimate of drug-likeness (QED) is 0.421. The zero-order chi connectivity index (χ0) is 25.4. The lowest BCUT2D eigenvalue weighted by molar-refractivity contribution is -0.143. The van der Waals surface area contributed by atoms with Crippen molar-refractivity contribution >= 4 is 5.69 Å². The molecular weight excluding hydrogens is 484 g/mol. The van der Waals surface area contributed by atoms with Gasteiger partial charge in [0.25, 0.3) is 0 Å². The van der Waals surface area contributed by atoms with Gasteiger partial charge in [-0.25, -0.2) is 0 Å². The van der Waals surface area contributed by atoms with Gasteiger partial charge in [-0.3, -0.25) is 0 Å². The topological polar surface area (TPSA) is 27.0 Å². The third-order valence-electron chi connectivity index (χ3n) is 4.19. The number of rotatable bonds is 4. The molecule has 0 N–H and O–H groups in total. The van der Waals surface area contributed by atoms with Crippen molar-refractivity contribution < 1.29 is 52.7 Å². The summed E-state index contributed by atoms with van der Waals surface area (Å²) in [5.74, 6) is 0. The van der Waals surface area contributed by atoms with Gasteiger partial charge in [-0.15, -0.1) is 0 Å². The van der Waals surface area contributed by atoms with Gasteiger partial charge in [-0.1, -0.05) is 0 Å². The van der Waals surface area contributed by atoms with Crippen LogP contribution in [0.15, 0.2) is 36.4 Å². The van der Waals surface area contributed by atoms with Crippen LogP contribution in [-0.2, 0) is 25.1 Å². The summed E-state index contributed by atoms with van der Waals surface area (Å²) in [5, 5.41) is 8.79. The maximum absolute atomic E-state index is 13.2. The Hall–Kier alpha value is -3.11. The molecule has 2 nitrogen and oxygen atoms in total. The van der Waals surface area contributed by atoms with Crippen molar-refractivity contribution in [1.29, 1.82) is 5.26 Å².